The molecule has 0 bridgehead atoms. The number of halogens is 1. The Balaban J connectivity index is 2.48. The van der Waals surface area contributed by atoms with E-state index in [-0.39, 0.29) is 22.2 Å². The number of methoxy groups -OCH3 is 2. The third kappa shape index (κ3) is 3.00. The molecule has 0 aliphatic carbocycles. The van der Waals surface area contributed by atoms with Crippen LogP contribution in [0.25, 0.3) is 0 Å². The van der Waals surface area contributed by atoms with Crippen molar-refractivity contribution < 1.29 is 24.1 Å². The molecule has 2 rings (SSSR count). The summed E-state index contributed by atoms with van der Waals surface area (Å²) in [5, 5.41) is 8.94. The maximum atomic E-state index is 11.1. The van der Waals surface area contributed by atoms with Crippen LogP contribution in [0.1, 0.15) is 10.4 Å². The smallest absolute Gasteiger partial charge is 0.337 e. The Labute approximate surface area is 125 Å². The fourth-order valence-corrected chi connectivity index (χ4v) is 1.91. The van der Waals surface area contributed by atoms with Crippen LogP contribution < -0.4 is 14.2 Å². The van der Waals surface area contributed by atoms with Gasteiger partial charge in [-0.05, 0) is 18.2 Å². The zero-order valence-corrected chi connectivity index (χ0v) is 12.0. The Bertz CT molecular complexity index is 652. The monoisotopic (exact) mass is 309 g/mol. The number of carboxylic acid groups (broad SMARTS) is 1. The summed E-state index contributed by atoms with van der Waals surface area (Å²) in [6.45, 7) is 0. The van der Waals surface area contributed by atoms with Crippen molar-refractivity contribution in [1.82, 2.24) is 4.98 Å². The first-order chi connectivity index (χ1) is 10.1. The topological polar surface area (TPSA) is 77.9 Å². The van der Waals surface area contributed by atoms with E-state index in [1.54, 1.807) is 18.2 Å². The lowest BCUT2D eigenvalue weighted by molar-refractivity contribution is 0.0696. The minimum atomic E-state index is -1.17. The third-order valence-electron chi connectivity index (χ3n) is 2.67. The van der Waals surface area contributed by atoms with E-state index in [1.807, 2.05) is 0 Å². The summed E-state index contributed by atoms with van der Waals surface area (Å²) in [6.07, 6.45) is 1.30. The molecule has 0 fully saturated rings. The second-order valence-corrected chi connectivity index (χ2v) is 4.25. The normalized spacial score (nSPS) is 10.0. The summed E-state index contributed by atoms with van der Waals surface area (Å²) in [5.41, 5.74) is -0.101. The predicted octanol–water partition coefficient (Wildman–Crippen LogP) is 3.24. The number of hydrogen-bond donors (Lipinski definition) is 1. The van der Waals surface area contributed by atoms with E-state index in [0.717, 1.165) is 0 Å². The van der Waals surface area contributed by atoms with E-state index in [0.29, 0.717) is 11.5 Å². The van der Waals surface area contributed by atoms with Gasteiger partial charge in [0.15, 0.2) is 11.5 Å². The highest BCUT2D eigenvalue weighted by molar-refractivity contribution is 6.34. The molecule has 1 heterocycles. The van der Waals surface area contributed by atoms with Gasteiger partial charge in [-0.3, -0.25) is 0 Å². The Morgan fingerprint density at radius 3 is 2.33 bits per heavy atom. The van der Waals surface area contributed by atoms with Gasteiger partial charge in [0.25, 0.3) is 0 Å². The van der Waals surface area contributed by atoms with Crippen LogP contribution in [0.3, 0.4) is 0 Å². The summed E-state index contributed by atoms with van der Waals surface area (Å²) < 4.78 is 16.0. The van der Waals surface area contributed by atoms with Crippen LogP contribution in [-0.2, 0) is 0 Å². The lowest BCUT2D eigenvalue weighted by Gasteiger charge is -2.14. The summed E-state index contributed by atoms with van der Waals surface area (Å²) in [5.74, 6) is -0.126. The standard InChI is InChI=1S/C14H12ClNO5/c1-19-9-4-3-5-10(20-2)12(9)21-13-11(15)8(14(17)18)6-7-16-13/h3-7H,1-2H3,(H,17,18). The summed E-state index contributed by atoms with van der Waals surface area (Å²) in [6, 6.07) is 6.36. The molecular weight excluding hydrogens is 298 g/mol. The van der Waals surface area contributed by atoms with Crippen molar-refractivity contribution in [3.8, 4) is 23.1 Å². The van der Waals surface area contributed by atoms with Gasteiger partial charge in [0.2, 0.25) is 11.6 Å². The van der Waals surface area contributed by atoms with Gasteiger partial charge in [-0.25, -0.2) is 9.78 Å². The lowest BCUT2D eigenvalue weighted by Crippen LogP contribution is -2.01. The van der Waals surface area contributed by atoms with Crippen LogP contribution in [0.2, 0.25) is 5.02 Å². The Morgan fingerprint density at radius 1 is 1.19 bits per heavy atom. The Morgan fingerprint density at radius 2 is 1.81 bits per heavy atom. The predicted molar refractivity (Wildman–Crippen MR) is 75.8 cm³/mol. The molecule has 110 valence electrons. The molecule has 6 nitrogen and oxygen atoms in total. The number of benzene rings is 1. The number of para-hydroxylation sites is 1. The largest absolute Gasteiger partial charge is 0.493 e. The van der Waals surface area contributed by atoms with Crippen molar-refractivity contribution in [2.75, 3.05) is 14.2 Å². The highest BCUT2D eigenvalue weighted by atomic mass is 35.5. The van der Waals surface area contributed by atoms with Crippen LogP contribution in [0.5, 0.6) is 23.1 Å². The van der Waals surface area contributed by atoms with Crippen molar-refractivity contribution in [3.05, 3.63) is 41.0 Å². The van der Waals surface area contributed by atoms with Crippen LogP contribution in [0, 0.1) is 0 Å². The number of hydrogen-bond acceptors (Lipinski definition) is 5. The van der Waals surface area contributed by atoms with Gasteiger partial charge in [-0.15, -0.1) is 0 Å². The molecular formula is C14H12ClNO5. The number of rotatable bonds is 5. The van der Waals surface area contributed by atoms with Crippen molar-refractivity contribution in [3.63, 3.8) is 0 Å². The molecule has 21 heavy (non-hydrogen) atoms. The van der Waals surface area contributed by atoms with Gasteiger partial charge >= 0.3 is 5.97 Å². The molecule has 0 saturated heterocycles. The SMILES string of the molecule is COc1cccc(OC)c1Oc1nccc(C(=O)O)c1Cl. The maximum absolute atomic E-state index is 11.1. The van der Waals surface area contributed by atoms with Crippen molar-refractivity contribution in [1.29, 1.82) is 0 Å². The first kappa shape index (κ1) is 14.9. The number of pyridine rings is 1. The van der Waals surface area contributed by atoms with Gasteiger partial charge in [-0.2, -0.15) is 0 Å². The van der Waals surface area contributed by atoms with E-state index >= 15 is 0 Å². The molecule has 1 aromatic heterocycles. The molecule has 0 saturated carbocycles. The second kappa shape index (κ2) is 6.32. The lowest BCUT2D eigenvalue weighted by atomic mass is 10.2. The molecule has 1 aromatic carbocycles. The zero-order valence-electron chi connectivity index (χ0n) is 11.3. The molecule has 0 aliphatic heterocycles. The van der Waals surface area contributed by atoms with Crippen LogP contribution >= 0.6 is 11.6 Å². The molecule has 0 aliphatic rings. The van der Waals surface area contributed by atoms with E-state index in [4.69, 9.17) is 30.9 Å². The number of aromatic nitrogens is 1. The zero-order chi connectivity index (χ0) is 15.4. The second-order valence-electron chi connectivity index (χ2n) is 3.88. The van der Waals surface area contributed by atoms with Crippen LogP contribution in [0.4, 0.5) is 0 Å². The Kier molecular flexibility index (Phi) is 4.49. The number of nitrogens with zero attached hydrogens (tertiary/aromatic N) is 1. The fraction of sp³-hybridized carbons (Fsp3) is 0.143. The average molecular weight is 310 g/mol. The minimum Gasteiger partial charge on any atom is -0.493 e. The number of aromatic carboxylic acids is 1. The van der Waals surface area contributed by atoms with Crippen LogP contribution in [-0.4, -0.2) is 30.3 Å². The molecule has 0 unspecified atom stereocenters. The molecule has 0 spiro atoms. The maximum Gasteiger partial charge on any atom is 0.337 e. The molecule has 0 amide bonds. The first-order valence-electron chi connectivity index (χ1n) is 5.85. The molecule has 0 atom stereocenters. The highest BCUT2D eigenvalue weighted by Crippen LogP contribution is 2.41. The van der Waals surface area contributed by atoms with Gasteiger partial charge in [0, 0.05) is 6.20 Å². The Hall–Kier alpha value is -2.47. The fourth-order valence-electron chi connectivity index (χ4n) is 1.68. The van der Waals surface area contributed by atoms with E-state index in [2.05, 4.69) is 4.98 Å². The third-order valence-corrected chi connectivity index (χ3v) is 3.03. The molecule has 7 heteroatoms. The van der Waals surface area contributed by atoms with E-state index in [9.17, 15) is 4.79 Å². The minimum absolute atomic E-state index is 0.0423. The van der Waals surface area contributed by atoms with Gasteiger partial charge in [-0.1, -0.05) is 17.7 Å². The van der Waals surface area contributed by atoms with Crippen LogP contribution in [0.15, 0.2) is 30.5 Å². The number of carbonyl (C=O) groups is 1. The molecule has 2 aromatic rings. The first-order valence-corrected chi connectivity index (χ1v) is 6.23. The summed E-state index contributed by atoms with van der Waals surface area (Å²) in [7, 11) is 2.95. The van der Waals surface area contributed by atoms with E-state index < -0.39 is 5.97 Å². The van der Waals surface area contributed by atoms with E-state index in [1.165, 1.54) is 26.5 Å². The van der Waals surface area contributed by atoms with Crippen molar-refractivity contribution in [2.45, 2.75) is 0 Å². The van der Waals surface area contributed by atoms with Gasteiger partial charge < -0.3 is 19.3 Å². The summed E-state index contributed by atoms with van der Waals surface area (Å²) >= 11 is 5.99. The molecule has 0 radical (unpaired) electrons. The van der Waals surface area contributed by atoms with Gasteiger partial charge in [0.1, 0.15) is 5.02 Å². The van der Waals surface area contributed by atoms with Gasteiger partial charge in [0.05, 0.1) is 19.8 Å². The quantitative estimate of drug-likeness (QED) is 0.913. The summed E-state index contributed by atoms with van der Waals surface area (Å²) in [4.78, 5) is 15.0. The molecule has 1 N–H and O–H groups in total. The number of carboxylic acids is 1. The highest BCUT2D eigenvalue weighted by Gasteiger charge is 2.18. The average Bonchev–Trinajstić information content (AvgIpc) is 2.49. The number of ether oxygens (including phenoxy) is 3. The van der Waals surface area contributed by atoms with Crippen molar-refractivity contribution >= 4 is 17.6 Å². The van der Waals surface area contributed by atoms with Crippen molar-refractivity contribution in [2.24, 2.45) is 0 Å².